The van der Waals surface area contributed by atoms with Crippen molar-refractivity contribution < 1.29 is 0 Å². The third-order valence-electron chi connectivity index (χ3n) is 4.95. The molecular weight excluding hydrogens is 256 g/mol. The molecule has 0 bridgehead atoms. The normalized spacial score (nSPS) is 23.1. The minimum absolute atomic E-state index is 0.476. The molecule has 0 radical (unpaired) electrons. The summed E-state index contributed by atoms with van der Waals surface area (Å²) in [5, 5.41) is 3.67. The number of hydrogen-bond donors (Lipinski definition) is 1. The van der Waals surface area contributed by atoms with E-state index in [0.717, 1.165) is 13.1 Å². The summed E-state index contributed by atoms with van der Waals surface area (Å²) in [4.78, 5) is 2.69. The summed E-state index contributed by atoms with van der Waals surface area (Å²) in [5.74, 6) is 0. The number of fused-ring (bicyclic) bond motifs is 1. The molecule has 1 aliphatic heterocycles. The van der Waals surface area contributed by atoms with Gasteiger partial charge in [0.15, 0.2) is 0 Å². The maximum atomic E-state index is 3.67. The molecule has 108 valence electrons. The number of nitrogens with one attached hydrogen (secondary N) is 1. The van der Waals surface area contributed by atoms with Crippen LogP contribution in [0.2, 0.25) is 0 Å². The first kappa shape index (κ1) is 13.1. The fourth-order valence-corrected chi connectivity index (χ4v) is 3.81. The van der Waals surface area contributed by atoms with Crippen LogP contribution >= 0.6 is 0 Å². The Morgan fingerprint density at radius 1 is 0.857 bits per heavy atom. The zero-order valence-electron chi connectivity index (χ0n) is 12.3. The van der Waals surface area contributed by atoms with Crippen LogP contribution < -0.4 is 5.32 Å². The number of benzene rings is 2. The fourth-order valence-electron chi connectivity index (χ4n) is 3.81. The lowest BCUT2D eigenvalue weighted by Crippen LogP contribution is -2.50. The molecule has 2 aromatic carbocycles. The second-order valence-corrected chi connectivity index (χ2v) is 6.24. The van der Waals surface area contributed by atoms with E-state index in [1.807, 2.05) is 0 Å². The smallest absolute Gasteiger partial charge is 0.0449 e. The Hall–Kier alpha value is -1.64. The molecule has 1 N–H and O–H groups in total. The monoisotopic (exact) mass is 278 g/mol. The molecule has 1 atom stereocenters. The van der Waals surface area contributed by atoms with E-state index in [0.29, 0.717) is 12.1 Å². The van der Waals surface area contributed by atoms with Gasteiger partial charge in [0.05, 0.1) is 0 Å². The molecule has 0 amide bonds. The van der Waals surface area contributed by atoms with Gasteiger partial charge in [0.2, 0.25) is 0 Å². The van der Waals surface area contributed by atoms with Gasteiger partial charge in [-0.1, -0.05) is 54.6 Å². The van der Waals surface area contributed by atoms with E-state index in [4.69, 9.17) is 0 Å². The third kappa shape index (κ3) is 2.61. The van der Waals surface area contributed by atoms with E-state index >= 15 is 0 Å². The van der Waals surface area contributed by atoms with E-state index in [9.17, 15) is 0 Å². The van der Waals surface area contributed by atoms with Crippen LogP contribution in [0, 0.1) is 0 Å². The van der Waals surface area contributed by atoms with Crippen molar-refractivity contribution in [1.82, 2.24) is 10.2 Å². The second-order valence-electron chi connectivity index (χ2n) is 6.24. The summed E-state index contributed by atoms with van der Waals surface area (Å²) in [6.07, 6.45) is 2.44. The highest BCUT2D eigenvalue weighted by Crippen LogP contribution is 2.28. The van der Waals surface area contributed by atoms with Crippen molar-refractivity contribution in [2.75, 3.05) is 19.6 Å². The molecule has 4 rings (SSSR count). The predicted molar refractivity (Wildman–Crippen MR) is 86.4 cm³/mol. The highest BCUT2D eigenvalue weighted by atomic mass is 15.2. The number of nitrogens with zero attached hydrogens (tertiary/aromatic N) is 1. The van der Waals surface area contributed by atoms with Gasteiger partial charge in [-0.25, -0.2) is 0 Å². The van der Waals surface area contributed by atoms with Crippen molar-refractivity contribution in [3.05, 3.63) is 71.3 Å². The summed E-state index contributed by atoms with van der Waals surface area (Å²) in [7, 11) is 0. The zero-order valence-corrected chi connectivity index (χ0v) is 12.3. The molecular formula is C19H22N2. The standard InChI is InChI=1S/C19H22N2/c1-2-6-15(7-3-1)19-14-21(11-10-20-19)18-12-16-8-4-5-9-17(16)13-18/h1-9,18-20H,10-14H2. The highest BCUT2D eigenvalue weighted by Gasteiger charge is 2.30. The molecule has 1 fully saturated rings. The number of rotatable bonds is 2. The topological polar surface area (TPSA) is 15.3 Å². The van der Waals surface area contributed by atoms with E-state index < -0.39 is 0 Å². The lowest BCUT2D eigenvalue weighted by molar-refractivity contribution is 0.147. The third-order valence-corrected chi connectivity index (χ3v) is 4.95. The van der Waals surface area contributed by atoms with Crippen molar-refractivity contribution in [1.29, 1.82) is 0 Å². The summed E-state index contributed by atoms with van der Waals surface area (Å²) in [5.41, 5.74) is 4.52. The van der Waals surface area contributed by atoms with Crippen molar-refractivity contribution >= 4 is 0 Å². The van der Waals surface area contributed by atoms with Gasteiger partial charge in [-0.15, -0.1) is 0 Å². The Morgan fingerprint density at radius 2 is 1.52 bits per heavy atom. The average molecular weight is 278 g/mol. The van der Waals surface area contributed by atoms with Gasteiger partial charge in [0.25, 0.3) is 0 Å². The van der Waals surface area contributed by atoms with Crippen LogP contribution in [0.3, 0.4) is 0 Å². The molecule has 2 nitrogen and oxygen atoms in total. The van der Waals surface area contributed by atoms with Crippen LogP contribution in [-0.2, 0) is 12.8 Å². The minimum Gasteiger partial charge on any atom is -0.308 e. The Bertz CT molecular complexity index is 583. The first-order valence-corrected chi connectivity index (χ1v) is 7.99. The molecule has 2 aromatic rings. The van der Waals surface area contributed by atoms with Crippen LogP contribution in [0.5, 0.6) is 0 Å². The summed E-state index contributed by atoms with van der Waals surface area (Å²) < 4.78 is 0. The zero-order chi connectivity index (χ0) is 14.1. The van der Waals surface area contributed by atoms with Gasteiger partial charge < -0.3 is 5.32 Å². The van der Waals surface area contributed by atoms with Crippen molar-refractivity contribution in [2.24, 2.45) is 0 Å². The molecule has 1 saturated heterocycles. The van der Waals surface area contributed by atoms with Gasteiger partial charge in [-0.05, 0) is 29.5 Å². The molecule has 1 heterocycles. The van der Waals surface area contributed by atoms with Gasteiger partial charge in [0, 0.05) is 31.7 Å². The molecule has 1 aliphatic carbocycles. The molecule has 21 heavy (non-hydrogen) atoms. The quantitative estimate of drug-likeness (QED) is 0.909. The van der Waals surface area contributed by atoms with Gasteiger partial charge in [0.1, 0.15) is 0 Å². The van der Waals surface area contributed by atoms with Crippen molar-refractivity contribution in [2.45, 2.75) is 24.9 Å². The van der Waals surface area contributed by atoms with Gasteiger partial charge in [-0.2, -0.15) is 0 Å². The lowest BCUT2D eigenvalue weighted by Gasteiger charge is -2.37. The van der Waals surface area contributed by atoms with E-state index in [1.165, 1.54) is 24.9 Å². The van der Waals surface area contributed by atoms with Crippen LogP contribution in [0.1, 0.15) is 22.7 Å². The Morgan fingerprint density at radius 3 is 2.24 bits per heavy atom. The summed E-state index contributed by atoms with van der Waals surface area (Å²) >= 11 is 0. The average Bonchev–Trinajstić information content (AvgIpc) is 3.00. The number of hydrogen-bond acceptors (Lipinski definition) is 2. The fraction of sp³-hybridized carbons (Fsp3) is 0.368. The molecule has 2 heteroatoms. The molecule has 0 aromatic heterocycles. The van der Waals surface area contributed by atoms with Gasteiger partial charge in [-0.3, -0.25) is 4.90 Å². The Kier molecular flexibility index (Phi) is 3.50. The van der Waals surface area contributed by atoms with Gasteiger partial charge >= 0.3 is 0 Å². The maximum absolute atomic E-state index is 3.67. The second kappa shape index (κ2) is 5.63. The minimum atomic E-state index is 0.476. The van der Waals surface area contributed by atoms with E-state index in [1.54, 1.807) is 11.1 Å². The van der Waals surface area contributed by atoms with E-state index in [2.05, 4.69) is 64.8 Å². The Balaban J connectivity index is 1.48. The van der Waals surface area contributed by atoms with Crippen molar-refractivity contribution in [3.63, 3.8) is 0 Å². The predicted octanol–water partition coefficient (Wildman–Crippen LogP) is 2.80. The Labute approximate surface area is 126 Å². The van der Waals surface area contributed by atoms with Crippen LogP contribution in [-0.4, -0.2) is 30.6 Å². The van der Waals surface area contributed by atoms with Crippen LogP contribution in [0.25, 0.3) is 0 Å². The summed E-state index contributed by atoms with van der Waals surface area (Å²) in [6, 6.07) is 21.0. The first-order valence-electron chi connectivity index (χ1n) is 7.99. The lowest BCUT2D eigenvalue weighted by atomic mass is 10.0. The SMILES string of the molecule is c1ccc(C2CN(C3Cc4ccccc4C3)CCN2)cc1. The summed E-state index contributed by atoms with van der Waals surface area (Å²) in [6.45, 7) is 3.39. The largest absolute Gasteiger partial charge is 0.308 e. The molecule has 1 unspecified atom stereocenters. The molecule has 0 saturated carbocycles. The van der Waals surface area contributed by atoms with E-state index in [-0.39, 0.29) is 0 Å². The molecule has 2 aliphatic rings. The van der Waals surface area contributed by atoms with Crippen LogP contribution in [0.4, 0.5) is 0 Å². The molecule has 0 spiro atoms. The van der Waals surface area contributed by atoms with Crippen molar-refractivity contribution in [3.8, 4) is 0 Å². The van der Waals surface area contributed by atoms with Crippen LogP contribution in [0.15, 0.2) is 54.6 Å². The number of piperazine rings is 1. The maximum Gasteiger partial charge on any atom is 0.0449 e. The first-order chi connectivity index (χ1) is 10.4. The highest BCUT2D eigenvalue weighted by molar-refractivity contribution is 5.33.